The van der Waals surface area contributed by atoms with Crippen LogP contribution in [0.25, 0.3) is 0 Å². The van der Waals surface area contributed by atoms with Crippen molar-refractivity contribution in [3.63, 3.8) is 0 Å². The van der Waals surface area contributed by atoms with Gasteiger partial charge in [0, 0.05) is 0 Å². The fourth-order valence-electron chi connectivity index (χ4n) is 4.99. The van der Waals surface area contributed by atoms with Crippen LogP contribution in [-0.2, 0) is 0 Å². The van der Waals surface area contributed by atoms with Gasteiger partial charge in [-0.3, -0.25) is 0 Å². The Balaban J connectivity index is 3.46. The van der Waals surface area contributed by atoms with Crippen LogP contribution in [0.15, 0.2) is 0 Å². The predicted molar refractivity (Wildman–Crippen MR) is 157 cm³/mol. The molecule has 0 heterocycles. The normalized spacial score (nSPS) is 13.3. The molecule has 32 heavy (non-hydrogen) atoms. The molecule has 0 aromatic heterocycles. The third-order valence-corrected chi connectivity index (χ3v) is 11.8. The molecule has 0 aromatic carbocycles. The van der Waals surface area contributed by atoms with Gasteiger partial charge in [0.05, 0.1) is 0 Å². The molecule has 196 valence electrons. The van der Waals surface area contributed by atoms with Crippen molar-refractivity contribution in [1.82, 2.24) is 0 Å². The van der Waals surface area contributed by atoms with Crippen LogP contribution in [-0.4, -0.2) is 25.7 Å². The van der Waals surface area contributed by atoms with Crippen molar-refractivity contribution in [2.45, 2.75) is 168 Å². The van der Waals surface area contributed by atoms with E-state index in [0.29, 0.717) is 0 Å². The number of unbranched alkanes of at least 4 members (excludes halogenated alkanes) is 22. The Morgan fingerprint density at radius 2 is 0.531 bits per heavy atom. The molecule has 0 atom stereocenters. The molecular weight excluding hydrogens is 427 g/mol. The zero-order valence-corrected chi connectivity index (χ0v) is 24.9. The molecule has 0 rings (SSSR count). The summed E-state index contributed by atoms with van der Waals surface area (Å²) in [5, 5.41) is 0. The summed E-state index contributed by atoms with van der Waals surface area (Å²) in [6.07, 6.45) is 37.0. The Kier molecular flexibility index (Phi) is 22.7. The summed E-state index contributed by atoms with van der Waals surface area (Å²) in [6, 6.07) is 0. The Morgan fingerprint density at radius 3 is 0.750 bits per heavy atom. The molecular formula is C30H64ClP. The summed E-state index contributed by atoms with van der Waals surface area (Å²) >= 11 is 7.19. The predicted octanol–water partition coefficient (Wildman–Crippen LogP) is 12.4. The average Bonchev–Trinajstić information content (AvgIpc) is 2.75. The second-order valence-electron chi connectivity index (χ2n) is 11.7. The van der Waals surface area contributed by atoms with Crippen LogP contribution in [0.2, 0.25) is 0 Å². The average molecular weight is 491 g/mol. The molecule has 0 saturated heterocycles. The van der Waals surface area contributed by atoms with Gasteiger partial charge in [0.2, 0.25) is 0 Å². The van der Waals surface area contributed by atoms with Gasteiger partial charge >= 0.3 is 184 Å². The Bertz CT molecular complexity index is 339. The second-order valence-corrected chi connectivity index (χ2v) is 21.1. The summed E-state index contributed by atoms with van der Waals surface area (Å²) in [4.78, 5) is 0. The van der Waals surface area contributed by atoms with Crippen molar-refractivity contribution in [2.24, 2.45) is 0 Å². The zero-order valence-electron chi connectivity index (χ0n) is 23.2. The van der Waals surface area contributed by atoms with Gasteiger partial charge in [-0.1, -0.05) is 26.7 Å². The fourth-order valence-corrected chi connectivity index (χ4v) is 8.33. The van der Waals surface area contributed by atoms with Gasteiger partial charge in [0.15, 0.2) is 0 Å². The van der Waals surface area contributed by atoms with Crippen LogP contribution in [0, 0.1) is 0 Å². The third kappa shape index (κ3) is 25.3. The molecule has 0 nitrogen and oxygen atoms in total. The van der Waals surface area contributed by atoms with Crippen LogP contribution >= 0.6 is 17.2 Å². The first-order valence-electron chi connectivity index (χ1n) is 15.1. The van der Waals surface area contributed by atoms with Gasteiger partial charge in [-0.15, -0.1) is 0 Å². The minimum Gasteiger partial charge on any atom is -0.0654 e. The zero-order chi connectivity index (χ0) is 23.8. The summed E-state index contributed by atoms with van der Waals surface area (Å²) in [5.74, 6) is -1.90. The van der Waals surface area contributed by atoms with Crippen molar-refractivity contribution >= 4 is 17.2 Å². The molecule has 0 spiro atoms. The standard InChI is InChI=1S/C30H64ClP/c1-5-7-9-11-13-15-17-19-21-23-25-27-29-32(3,4,31)30-28-26-24-22-20-18-16-14-12-10-8-6-2/h5-30H2,1-4H3. The van der Waals surface area contributed by atoms with E-state index in [1.165, 1.54) is 166 Å². The van der Waals surface area contributed by atoms with E-state index in [1.54, 1.807) is 0 Å². The topological polar surface area (TPSA) is 0 Å². The van der Waals surface area contributed by atoms with Crippen LogP contribution in [0.1, 0.15) is 168 Å². The Morgan fingerprint density at radius 1 is 0.344 bits per heavy atom. The Labute approximate surface area is 210 Å². The summed E-state index contributed by atoms with van der Waals surface area (Å²) < 4.78 is 0. The summed E-state index contributed by atoms with van der Waals surface area (Å²) in [5.41, 5.74) is 0. The van der Waals surface area contributed by atoms with E-state index in [0.717, 1.165) is 0 Å². The maximum absolute atomic E-state index is 7.19. The van der Waals surface area contributed by atoms with Crippen LogP contribution < -0.4 is 0 Å². The molecule has 0 aliphatic heterocycles. The molecule has 0 radical (unpaired) electrons. The molecule has 0 fully saturated rings. The first-order valence-corrected chi connectivity index (χ1v) is 19.5. The van der Waals surface area contributed by atoms with Gasteiger partial charge in [-0.05, 0) is 0 Å². The van der Waals surface area contributed by atoms with Gasteiger partial charge in [-0.2, -0.15) is 0 Å². The molecule has 0 aliphatic rings. The smallest absolute Gasteiger partial charge is 0.0654 e. The first-order chi connectivity index (χ1) is 15.4. The van der Waals surface area contributed by atoms with Crippen molar-refractivity contribution in [2.75, 3.05) is 25.7 Å². The summed E-state index contributed by atoms with van der Waals surface area (Å²) in [7, 11) is 0. The molecule has 0 saturated carbocycles. The minimum atomic E-state index is -1.90. The van der Waals surface area contributed by atoms with E-state index in [1.807, 2.05) is 0 Å². The van der Waals surface area contributed by atoms with Crippen molar-refractivity contribution in [1.29, 1.82) is 0 Å². The van der Waals surface area contributed by atoms with Crippen LogP contribution in [0.3, 0.4) is 0 Å². The summed E-state index contributed by atoms with van der Waals surface area (Å²) in [6.45, 7) is 9.47. The molecule has 0 N–H and O–H groups in total. The molecule has 0 bridgehead atoms. The van der Waals surface area contributed by atoms with Crippen LogP contribution in [0.5, 0.6) is 0 Å². The molecule has 2 heteroatoms. The number of hydrogen-bond donors (Lipinski definition) is 0. The van der Waals surface area contributed by atoms with E-state index in [9.17, 15) is 0 Å². The Hall–Kier alpha value is 0.720. The second kappa shape index (κ2) is 22.2. The minimum absolute atomic E-state index is 1.31. The van der Waals surface area contributed by atoms with E-state index in [2.05, 4.69) is 27.2 Å². The first kappa shape index (κ1) is 32.7. The SMILES string of the molecule is CCCCCCCCCCCCCCP(C)(C)(Cl)CCCCCCCCCCCCCC. The maximum atomic E-state index is 7.19. The van der Waals surface area contributed by atoms with Crippen molar-refractivity contribution in [3.8, 4) is 0 Å². The fraction of sp³-hybridized carbons (Fsp3) is 1.00. The van der Waals surface area contributed by atoms with E-state index in [4.69, 9.17) is 11.2 Å². The van der Waals surface area contributed by atoms with E-state index in [-0.39, 0.29) is 0 Å². The van der Waals surface area contributed by atoms with Gasteiger partial charge in [-0.25, -0.2) is 0 Å². The molecule has 0 amide bonds. The van der Waals surface area contributed by atoms with E-state index >= 15 is 0 Å². The van der Waals surface area contributed by atoms with Gasteiger partial charge in [0.25, 0.3) is 0 Å². The molecule has 0 aromatic rings. The van der Waals surface area contributed by atoms with Crippen molar-refractivity contribution < 1.29 is 0 Å². The molecule has 0 aliphatic carbocycles. The monoisotopic (exact) mass is 490 g/mol. The third-order valence-electron chi connectivity index (χ3n) is 7.40. The number of hydrogen-bond acceptors (Lipinski definition) is 0. The van der Waals surface area contributed by atoms with E-state index < -0.39 is 5.96 Å². The van der Waals surface area contributed by atoms with Gasteiger partial charge < -0.3 is 0 Å². The van der Waals surface area contributed by atoms with Crippen LogP contribution in [0.4, 0.5) is 0 Å². The molecule has 0 unspecified atom stereocenters. The number of rotatable bonds is 26. The number of halogens is 1. The van der Waals surface area contributed by atoms with Crippen molar-refractivity contribution in [3.05, 3.63) is 0 Å². The van der Waals surface area contributed by atoms with Gasteiger partial charge in [0.1, 0.15) is 0 Å². The quantitative estimate of drug-likeness (QED) is 0.0834.